The molecule has 1 aromatic heterocycles. The summed E-state index contributed by atoms with van der Waals surface area (Å²) < 4.78 is 10.3. The van der Waals surface area contributed by atoms with Crippen LogP contribution in [-0.2, 0) is 17.6 Å². The lowest BCUT2D eigenvalue weighted by Crippen LogP contribution is -2.20. The molecule has 7 heteroatoms. The third-order valence-corrected chi connectivity index (χ3v) is 6.13. The number of benzene rings is 1. The molecule has 0 radical (unpaired) electrons. The predicted molar refractivity (Wildman–Crippen MR) is 114 cm³/mol. The van der Waals surface area contributed by atoms with Gasteiger partial charge in [-0.05, 0) is 74.2 Å². The summed E-state index contributed by atoms with van der Waals surface area (Å²) in [5.74, 6) is 0.493. The molecular weight excluding hydrogens is 380 g/mol. The van der Waals surface area contributed by atoms with Gasteiger partial charge in [-0.15, -0.1) is 11.3 Å². The fourth-order valence-electron chi connectivity index (χ4n) is 3.31. The second kappa shape index (κ2) is 8.71. The molecule has 3 rings (SSSR count). The highest BCUT2D eigenvalue weighted by molar-refractivity contribution is 7.80. The molecule has 0 saturated heterocycles. The van der Waals surface area contributed by atoms with E-state index in [1.807, 2.05) is 25.1 Å². The van der Waals surface area contributed by atoms with Gasteiger partial charge in [-0.3, -0.25) is 0 Å². The maximum atomic E-state index is 12.4. The molecule has 1 heterocycles. The molecule has 1 aromatic carbocycles. The number of fused-ring (bicyclic) bond motifs is 1. The van der Waals surface area contributed by atoms with E-state index in [4.69, 9.17) is 21.7 Å². The molecule has 0 unspecified atom stereocenters. The fourth-order valence-corrected chi connectivity index (χ4v) is 4.87. The van der Waals surface area contributed by atoms with E-state index < -0.39 is 0 Å². The number of carbonyl (C=O) groups is 1. The number of methoxy groups -OCH3 is 2. The second-order valence-electron chi connectivity index (χ2n) is 6.52. The van der Waals surface area contributed by atoms with Crippen LogP contribution < -0.4 is 15.4 Å². The molecule has 1 aliphatic carbocycles. The molecule has 1 aliphatic rings. The van der Waals surface area contributed by atoms with Gasteiger partial charge < -0.3 is 20.1 Å². The van der Waals surface area contributed by atoms with Gasteiger partial charge in [0.15, 0.2) is 5.11 Å². The molecule has 2 aromatic rings. The van der Waals surface area contributed by atoms with E-state index in [0.29, 0.717) is 10.7 Å². The number of hydrogen-bond donors (Lipinski definition) is 2. The topological polar surface area (TPSA) is 59.6 Å². The Kier molecular flexibility index (Phi) is 6.34. The quantitative estimate of drug-likeness (QED) is 0.428. The van der Waals surface area contributed by atoms with Crippen LogP contribution in [-0.4, -0.2) is 25.3 Å². The zero-order chi connectivity index (χ0) is 19.4. The lowest BCUT2D eigenvalue weighted by Gasteiger charge is -2.13. The fraction of sp³-hybridized carbons (Fsp3) is 0.400. The summed E-state index contributed by atoms with van der Waals surface area (Å²) in [5, 5.41) is 7.63. The van der Waals surface area contributed by atoms with Crippen molar-refractivity contribution in [2.45, 2.75) is 39.0 Å². The third-order valence-electron chi connectivity index (χ3n) is 4.72. The molecule has 0 spiro atoms. The van der Waals surface area contributed by atoms with Crippen molar-refractivity contribution in [1.82, 2.24) is 0 Å². The predicted octanol–water partition coefficient (Wildman–Crippen LogP) is 4.93. The first-order valence-corrected chi connectivity index (χ1v) is 10.2. The Balaban J connectivity index is 1.82. The smallest absolute Gasteiger partial charge is 0.341 e. The van der Waals surface area contributed by atoms with Crippen molar-refractivity contribution >= 4 is 45.3 Å². The normalized spacial score (nSPS) is 13.3. The van der Waals surface area contributed by atoms with Crippen LogP contribution in [0, 0.1) is 6.92 Å². The lowest BCUT2D eigenvalue weighted by molar-refractivity contribution is 0.0601. The van der Waals surface area contributed by atoms with Gasteiger partial charge in [-0.2, -0.15) is 0 Å². The summed E-state index contributed by atoms with van der Waals surface area (Å²) >= 11 is 7.10. The number of thiophene rings is 1. The van der Waals surface area contributed by atoms with E-state index in [9.17, 15) is 4.79 Å². The first-order valence-electron chi connectivity index (χ1n) is 8.99. The first-order chi connectivity index (χ1) is 13.0. The van der Waals surface area contributed by atoms with Crippen LogP contribution in [0.25, 0.3) is 0 Å². The maximum absolute atomic E-state index is 12.4. The van der Waals surface area contributed by atoms with E-state index in [0.717, 1.165) is 53.2 Å². The van der Waals surface area contributed by atoms with Crippen LogP contribution in [0.1, 0.15) is 45.6 Å². The Hall–Kier alpha value is -2.12. The van der Waals surface area contributed by atoms with Crippen LogP contribution in [0.4, 0.5) is 10.7 Å². The number of hydrogen-bond acceptors (Lipinski definition) is 5. The molecule has 0 atom stereocenters. The molecule has 144 valence electrons. The zero-order valence-corrected chi connectivity index (χ0v) is 17.4. The minimum Gasteiger partial charge on any atom is -0.497 e. The molecule has 0 amide bonds. The average Bonchev–Trinajstić information content (AvgIpc) is 2.83. The number of ether oxygens (including phenoxy) is 2. The third kappa shape index (κ3) is 4.42. The molecule has 27 heavy (non-hydrogen) atoms. The Morgan fingerprint density at radius 1 is 1.15 bits per heavy atom. The van der Waals surface area contributed by atoms with E-state index in [1.165, 1.54) is 18.4 Å². The minimum atomic E-state index is -0.305. The molecule has 0 saturated carbocycles. The van der Waals surface area contributed by atoms with Gasteiger partial charge in [0, 0.05) is 10.6 Å². The summed E-state index contributed by atoms with van der Waals surface area (Å²) in [6.45, 7) is 1.99. The highest BCUT2D eigenvalue weighted by atomic mass is 32.1. The van der Waals surface area contributed by atoms with Crippen molar-refractivity contribution in [3.8, 4) is 5.75 Å². The van der Waals surface area contributed by atoms with Gasteiger partial charge >= 0.3 is 5.97 Å². The van der Waals surface area contributed by atoms with E-state index in [2.05, 4.69) is 10.6 Å². The van der Waals surface area contributed by atoms with Crippen LogP contribution in [0.3, 0.4) is 0 Å². The average molecular weight is 405 g/mol. The number of carbonyl (C=O) groups excluding carboxylic acids is 1. The van der Waals surface area contributed by atoms with Crippen LogP contribution in [0.5, 0.6) is 5.75 Å². The van der Waals surface area contributed by atoms with E-state index in [1.54, 1.807) is 18.4 Å². The van der Waals surface area contributed by atoms with Crippen molar-refractivity contribution in [3.05, 3.63) is 39.8 Å². The largest absolute Gasteiger partial charge is 0.497 e. The highest BCUT2D eigenvalue weighted by Crippen LogP contribution is 2.38. The van der Waals surface area contributed by atoms with E-state index >= 15 is 0 Å². The maximum Gasteiger partial charge on any atom is 0.341 e. The van der Waals surface area contributed by atoms with Gasteiger partial charge in [0.05, 0.1) is 19.8 Å². The SMILES string of the molecule is COC(=O)c1c(NC(=S)Nc2ccc(OC)cc2C)sc2c1CCCCC2. The molecule has 0 aliphatic heterocycles. The number of aryl methyl sites for hydroxylation is 2. The summed E-state index contributed by atoms with van der Waals surface area (Å²) in [4.78, 5) is 13.7. The Labute approximate surface area is 169 Å². The first kappa shape index (κ1) is 19.6. The van der Waals surface area contributed by atoms with Gasteiger partial charge in [0.25, 0.3) is 0 Å². The molecule has 2 N–H and O–H groups in total. The van der Waals surface area contributed by atoms with Crippen molar-refractivity contribution in [2.24, 2.45) is 0 Å². The number of anilines is 2. The van der Waals surface area contributed by atoms with Crippen LogP contribution in [0.2, 0.25) is 0 Å². The van der Waals surface area contributed by atoms with Crippen LogP contribution >= 0.6 is 23.6 Å². The van der Waals surface area contributed by atoms with E-state index in [-0.39, 0.29) is 5.97 Å². The van der Waals surface area contributed by atoms with Gasteiger partial charge in [0.1, 0.15) is 10.8 Å². The Bertz CT molecular complexity index is 861. The number of rotatable bonds is 4. The number of esters is 1. The summed E-state index contributed by atoms with van der Waals surface area (Å²) in [6, 6.07) is 5.75. The molecule has 5 nitrogen and oxygen atoms in total. The Morgan fingerprint density at radius 2 is 1.93 bits per heavy atom. The van der Waals surface area contributed by atoms with Crippen molar-refractivity contribution < 1.29 is 14.3 Å². The van der Waals surface area contributed by atoms with Gasteiger partial charge in [-0.25, -0.2) is 4.79 Å². The van der Waals surface area contributed by atoms with Gasteiger partial charge in [-0.1, -0.05) is 6.42 Å². The highest BCUT2D eigenvalue weighted by Gasteiger charge is 2.25. The van der Waals surface area contributed by atoms with Crippen molar-refractivity contribution in [1.29, 1.82) is 0 Å². The number of nitrogens with one attached hydrogen (secondary N) is 2. The van der Waals surface area contributed by atoms with Gasteiger partial charge in [0.2, 0.25) is 0 Å². The molecule has 0 bridgehead atoms. The van der Waals surface area contributed by atoms with Crippen LogP contribution in [0.15, 0.2) is 18.2 Å². The second-order valence-corrected chi connectivity index (χ2v) is 8.03. The lowest BCUT2D eigenvalue weighted by atomic mass is 10.1. The molecular formula is C20H24N2O3S2. The number of thiocarbonyl (C=S) groups is 1. The summed E-state index contributed by atoms with van der Waals surface area (Å²) in [6.07, 6.45) is 5.36. The van der Waals surface area contributed by atoms with Crippen molar-refractivity contribution in [3.63, 3.8) is 0 Å². The molecule has 0 fully saturated rings. The minimum absolute atomic E-state index is 0.305. The summed E-state index contributed by atoms with van der Waals surface area (Å²) in [5.41, 5.74) is 3.67. The van der Waals surface area contributed by atoms with Crippen molar-refractivity contribution in [2.75, 3.05) is 24.9 Å². The Morgan fingerprint density at radius 3 is 2.63 bits per heavy atom. The standard InChI is InChI=1S/C20H24N2O3S2/c1-12-11-13(24-2)9-10-15(12)21-20(26)22-18-17(19(23)25-3)14-7-5-4-6-8-16(14)27-18/h9-11H,4-8H2,1-3H3,(H2,21,22,26). The summed E-state index contributed by atoms with van der Waals surface area (Å²) in [7, 11) is 3.06. The zero-order valence-electron chi connectivity index (χ0n) is 15.8. The monoisotopic (exact) mass is 404 g/mol.